The minimum Gasteiger partial charge on any atom is -0.397 e. The van der Waals surface area contributed by atoms with E-state index in [9.17, 15) is 0 Å². The van der Waals surface area contributed by atoms with Crippen LogP contribution in [-0.4, -0.2) is 6.54 Å². The van der Waals surface area contributed by atoms with Gasteiger partial charge in [-0.3, -0.25) is 0 Å². The molecule has 2 rings (SSSR count). The van der Waals surface area contributed by atoms with Crippen molar-refractivity contribution in [2.75, 3.05) is 17.6 Å². The fraction of sp³-hybridized carbons (Fsp3) is 0.625. The number of nitrogen functional groups attached to an aromatic ring is 1. The van der Waals surface area contributed by atoms with Crippen LogP contribution in [0.4, 0.5) is 11.4 Å². The van der Waals surface area contributed by atoms with Crippen LogP contribution in [0.2, 0.25) is 0 Å². The summed E-state index contributed by atoms with van der Waals surface area (Å²) in [5, 5.41) is 3.49. The predicted molar refractivity (Wildman–Crippen MR) is 79.8 cm³/mol. The van der Waals surface area contributed by atoms with Crippen LogP contribution in [0, 0.1) is 18.8 Å². The van der Waals surface area contributed by atoms with E-state index in [-0.39, 0.29) is 0 Å². The average molecular weight is 246 g/mol. The minimum atomic E-state index is 0.859. The molecule has 2 heteroatoms. The summed E-state index contributed by atoms with van der Waals surface area (Å²) < 4.78 is 0. The SMILES string of the molecule is Cc1ccc(N)c(NCCC2CCC(C)CC2)c1. The van der Waals surface area contributed by atoms with Crippen LogP contribution in [0.15, 0.2) is 18.2 Å². The van der Waals surface area contributed by atoms with Crippen molar-refractivity contribution in [3.63, 3.8) is 0 Å². The molecule has 0 aliphatic heterocycles. The predicted octanol–water partition coefficient (Wildman–Crippen LogP) is 4.21. The molecule has 1 fully saturated rings. The van der Waals surface area contributed by atoms with Crippen molar-refractivity contribution in [3.8, 4) is 0 Å². The lowest BCUT2D eigenvalue weighted by molar-refractivity contribution is 0.282. The number of nitrogens with two attached hydrogens (primary N) is 1. The molecule has 0 amide bonds. The minimum absolute atomic E-state index is 0.859. The summed E-state index contributed by atoms with van der Waals surface area (Å²) in [7, 11) is 0. The van der Waals surface area contributed by atoms with E-state index in [1.165, 1.54) is 37.7 Å². The van der Waals surface area contributed by atoms with Gasteiger partial charge in [-0.25, -0.2) is 0 Å². The molecule has 0 saturated heterocycles. The van der Waals surface area contributed by atoms with Gasteiger partial charge in [0, 0.05) is 6.54 Å². The maximum Gasteiger partial charge on any atom is 0.0576 e. The first-order chi connectivity index (χ1) is 8.65. The molecule has 100 valence electrons. The van der Waals surface area contributed by atoms with Crippen LogP contribution >= 0.6 is 0 Å². The van der Waals surface area contributed by atoms with E-state index in [0.717, 1.165) is 29.8 Å². The smallest absolute Gasteiger partial charge is 0.0576 e. The maximum absolute atomic E-state index is 5.96. The van der Waals surface area contributed by atoms with Gasteiger partial charge in [-0.05, 0) is 42.9 Å². The lowest BCUT2D eigenvalue weighted by Crippen LogP contribution is -2.16. The molecule has 1 saturated carbocycles. The monoisotopic (exact) mass is 246 g/mol. The third-order valence-corrected chi connectivity index (χ3v) is 4.21. The molecular formula is C16H26N2. The van der Waals surface area contributed by atoms with Gasteiger partial charge in [-0.1, -0.05) is 38.7 Å². The molecule has 0 aromatic heterocycles. The van der Waals surface area contributed by atoms with E-state index < -0.39 is 0 Å². The zero-order chi connectivity index (χ0) is 13.0. The summed E-state index contributed by atoms with van der Waals surface area (Å²) in [6, 6.07) is 6.18. The van der Waals surface area contributed by atoms with Crippen molar-refractivity contribution in [2.24, 2.45) is 11.8 Å². The van der Waals surface area contributed by atoms with Gasteiger partial charge in [-0.15, -0.1) is 0 Å². The maximum atomic E-state index is 5.96. The van der Waals surface area contributed by atoms with Crippen molar-refractivity contribution < 1.29 is 0 Å². The summed E-state index contributed by atoms with van der Waals surface area (Å²) in [5.41, 5.74) is 9.18. The van der Waals surface area contributed by atoms with E-state index >= 15 is 0 Å². The molecule has 1 aliphatic rings. The van der Waals surface area contributed by atoms with Gasteiger partial charge < -0.3 is 11.1 Å². The number of hydrogen-bond acceptors (Lipinski definition) is 2. The van der Waals surface area contributed by atoms with Crippen LogP contribution in [0.5, 0.6) is 0 Å². The molecule has 1 aliphatic carbocycles. The lowest BCUT2D eigenvalue weighted by atomic mass is 9.81. The molecule has 0 radical (unpaired) electrons. The Hall–Kier alpha value is -1.18. The molecule has 2 nitrogen and oxygen atoms in total. The number of nitrogens with one attached hydrogen (secondary N) is 1. The van der Waals surface area contributed by atoms with E-state index in [2.05, 4.69) is 31.3 Å². The normalized spacial score (nSPS) is 23.9. The Morgan fingerprint density at radius 1 is 1.22 bits per heavy atom. The Labute approximate surface area is 111 Å². The first-order valence-electron chi connectivity index (χ1n) is 7.25. The molecule has 1 aromatic carbocycles. The Morgan fingerprint density at radius 3 is 2.67 bits per heavy atom. The van der Waals surface area contributed by atoms with Gasteiger partial charge in [0.25, 0.3) is 0 Å². The standard InChI is InChI=1S/C16H26N2/c1-12-3-6-14(7-4-12)9-10-18-16-11-13(2)5-8-15(16)17/h5,8,11-12,14,18H,3-4,6-7,9-10,17H2,1-2H3. The summed E-state index contributed by atoms with van der Waals surface area (Å²) in [6.07, 6.45) is 6.92. The van der Waals surface area contributed by atoms with Crippen molar-refractivity contribution in [1.82, 2.24) is 0 Å². The number of aryl methyl sites for hydroxylation is 1. The molecule has 0 spiro atoms. The largest absolute Gasteiger partial charge is 0.397 e. The van der Waals surface area contributed by atoms with Gasteiger partial charge >= 0.3 is 0 Å². The van der Waals surface area contributed by atoms with Crippen molar-refractivity contribution >= 4 is 11.4 Å². The van der Waals surface area contributed by atoms with Gasteiger partial charge in [0.05, 0.1) is 11.4 Å². The van der Waals surface area contributed by atoms with E-state index in [1.807, 2.05) is 6.07 Å². The molecule has 18 heavy (non-hydrogen) atoms. The van der Waals surface area contributed by atoms with Gasteiger partial charge in [0.15, 0.2) is 0 Å². The molecule has 1 aromatic rings. The number of hydrogen-bond donors (Lipinski definition) is 2. The van der Waals surface area contributed by atoms with Gasteiger partial charge in [0.2, 0.25) is 0 Å². The van der Waals surface area contributed by atoms with Crippen molar-refractivity contribution in [3.05, 3.63) is 23.8 Å². The summed E-state index contributed by atoms with van der Waals surface area (Å²) in [5.74, 6) is 1.86. The Bertz CT molecular complexity index is 379. The lowest BCUT2D eigenvalue weighted by Gasteiger charge is -2.26. The Kier molecular flexibility index (Phi) is 4.51. The summed E-state index contributed by atoms with van der Waals surface area (Å²) in [4.78, 5) is 0. The van der Waals surface area contributed by atoms with Crippen LogP contribution in [-0.2, 0) is 0 Å². The second-order valence-corrected chi connectivity index (χ2v) is 5.93. The van der Waals surface area contributed by atoms with Crippen LogP contribution in [0.25, 0.3) is 0 Å². The first kappa shape index (κ1) is 13.3. The van der Waals surface area contributed by atoms with Crippen molar-refractivity contribution in [1.29, 1.82) is 0 Å². The van der Waals surface area contributed by atoms with E-state index in [0.29, 0.717) is 0 Å². The van der Waals surface area contributed by atoms with Crippen LogP contribution < -0.4 is 11.1 Å². The van der Waals surface area contributed by atoms with Gasteiger partial charge in [-0.2, -0.15) is 0 Å². The number of benzene rings is 1. The van der Waals surface area contributed by atoms with Gasteiger partial charge in [0.1, 0.15) is 0 Å². The molecule has 0 heterocycles. The number of anilines is 2. The zero-order valence-corrected chi connectivity index (χ0v) is 11.7. The topological polar surface area (TPSA) is 38.0 Å². The molecule has 0 unspecified atom stereocenters. The van der Waals surface area contributed by atoms with Crippen molar-refractivity contribution in [2.45, 2.75) is 46.0 Å². The van der Waals surface area contributed by atoms with Crippen LogP contribution in [0.3, 0.4) is 0 Å². The summed E-state index contributed by atoms with van der Waals surface area (Å²) >= 11 is 0. The second kappa shape index (κ2) is 6.12. The molecular weight excluding hydrogens is 220 g/mol. The third kappa shape index (κ3) is 3.66. The van der Waals surface area contributed by atoms with Crippen LogP contribution in [0.1, 0.15) is 44.6 Å². The highest BCUT2D eigenvalue weighted by molar-refractivity contribution is 5.66. The second-order valence-electron chi connectivity index (χ2n) is 5.93. The highest BCUT2D eigenvalue weighted by atomic mass is 14.9. The summed E-state index contributed by atoms with van der Waals surface area (Å²) in [6.45, 7) is 5.53. The quantitative estimate of drug-likeness (QED) is 0.781. The molecule has 0 bridgehead atoms. The average Bonchev–Trinajstić information content (AvgIpc) is 2.36. The fourth-order valence-electron chi connectivity index (χ4n) is 2.85. The highest BCUT2D eigenvalue weighted by Crippen LogP contribution is 2.30. The fourth-order valence-corrected chi connectivity index (χ4v) is 2.85. The molecule has 3 N–H and O–H groups in total. The third-order valence-electron chi connectivity index (χ3n) is 4.21. The van der Waals surface area contributed by atoms with E-state index in [1.54, 1.807) is 0 Å². The highest BCUT2D eigenvalue weighted by Gasteiger charge is 2.17. The Balaban J connectivity index is 1.76. The Morgan fingerprint density at radius 2 is 1.94 bits per heavy atom. The first-order valence-corrected chi connectivity index (χ1v) is 7.25. The number of rotatable bonds is 4. The molecule has 0 atom stereocenters. The van der Waals surface area contributed by atoms with E-state index in [4.69, 9.17) is 5.73 Å². The zero-order valence-electron chi connectivity index (χ0n) is 11.7.